The number of aromatic nitrogens is 1. The van der Waals surface area contributed by atoms with Gasteiger partial charge in [0, 0.05) is 33.7 Å². The zero-order chi connectivity index (χ0) is 17.4. The molecule has 1 unspecified atom stereocenters. The SMILES string of the molecule is Fc1cc2[nH]c3c(c2cc1F)CCCC3NCCc1ccc(Cl)cc1. The predicted octanol–water partition coefficient (Wildman–Crippen LogP) is 5.31. The lowest BCUT2D eigenvalue weighted by atomic mass is 9.91. The van der Waals surface area contributed by atoms with Crippen LogP contribution in [0.5, 0.6) is 0 Å². The molecule has 0 bridgehead atoms. The van der Waals surface area contributed by atoms with E-state index < -0.39 is 11.6 Å². The average molecular weight is 361 g/mol. The van der Waals surface area contributed by atoms with Gasteiger partial charge in [0.2, 0.25) is 0 Å². The first-order valence-corrected chi connectivity index (χ1v) is 8.97. The van der Waals surface area contributed by atoms with Crippen molar-refractivity contribution in [2.45, 2.75) is 31.7 Å². The van der Waals surface area contributed by atoms with Crippen LogP contribution >= 0.6 is 11.6 Å². The maximum atomic E-state index is 13.6. The van der Waals surface area contributed by atoms with Crippen LogP contribution in [0.15, 0.2) is 36.4 Å². The number of fused-ring (bicyclic) bond motifs is 3. The minimum absolute atomic E-state index is 0.189. The van der Waals surface area contributed by atoms with Crippen molar-refractivity contribution in [2.75, 3.05) is 6.54 Å². The maximum absolute atomic E-state index is 13.6. The van der Waals surface area contributed by atoms with E-state index >= 15 is 0 Å². The van der Waals surface area contributed by atoms with Crippen LogP contribution in [0.3, 0.4) is 0 Å². The molecule has 0 radical (unpaired) electrons. The van der Waals surface area contributed by atoms with Gasteiger partial charge in [-0.05, 0) is 61.6 Å². The van der Waals surface area contributed by atoms with Gasteiger partial charge in [0.15, 0.2) is 11.6 Å². The van der Waals surface area contributed by atoms with Gasteiger partial charge in [-0.1, -0.05) is 23.7 Å². The van der Waals surface area contributed by atoms with Gasteiger partial charge in [0.25, 0.3) is 0 Å². The van der Waals surface area contributed by atoms with E-state index in [0.717, 1.165) is 53.9 Å². The molecule has 2 aromatic carbocycles. The van der Waals surface area contributed by atoms with Crippen LogP contribution in [-0.4, -0.2) is 11.5 Å². The number of hydrogen-bond donors (Lipinski definition) is 2. The molecule has 0 aliphatic heterocycles. The summed E-state index contributed by atoms with van der Waals surface area (Å²) in [6.07, 6.45) is 3.87. The Kier molecular flexibility index (Phi) is 4.48. The fraction of sp³-hybridized carbons (Fsp3) is 0.300. The van der Waals surface area contributed by atoms with Crippen LogP contribution in [0.25, 0.3) is 10.9 Å². The normalized spacial score (nSPS) is 17.0. The second-order valence-corrected chi connectivity index (χ2v) is 7.04. The number of halogens is 3. The van der Waals surface area contributed by atoms with Crippen molar-refractivity contribution in [3.05, 3.63) is 69.9 Å². The topological polar surface area (TPSA) is 27.8 Å². The third-order valence-corrected chi connectivity index (χ3v) is 5.22. The van der Waals surface area contributed by atoms with Gasteiger partial charge in [-0.2, -0.15) is 0 Å². The Morgan fingerprint density at radius 1 is 1.12 bits per heavy atom. The Labute approximate surface area is 150 Å². The second kappa shape index (κ2) is 6.77. The van der Waals surface area contributed by atoms with Gasteiger partial charge in [-0.25, -0.2) is 8.78 Å². The highest BCUT2D eigenvalue weighted by Crippen LogP contribution is 2.35. The number of aryl methyl sites for hydroxylation is 1. The second-order valence-electron chi connectivity index (χ2n) is 6.60. The zero-order valence-corrected chi connectivity index (χ0v) is 14.5. The summed E-state index contributed by atoms with van der Waals surface area (Å²) in [5.41, 5.74) is 4.09. The van der Waals surface area contributed by atoms with Crippen molar-refractivity contribution >= 4 is 22.5 Å². The summed E-state index contributed by atoms with van der Waals surface area (Å²) in [5, 5.41) is 5.12. The van der Waals surface area contributed by atoms with E-state index in [2.05, 4.69) is 10.3 Å². The van der Waals surface area contributed by atoms with Gasteiger partial charge in [0.1, 0.15) is 0 Å². The Balaban J connectivity index is 1.52. The molecule has 2 nitrogen and oxygen atoms in total. The molecule has 3 aromatic rings. The third kappa shape index (κ3) is 3.29. The molecule has 25 heavy (non-hydrogen) atoms. The van der Waals surface area contributed by atoms with Crippen molar-refractivity contribution in [3.63, 3.8) is 0 Å². The summed E-state index contributed by atoms with van der Waals surface area (Å²) in [6.45, 7) is 0.837. The van der Waals surface area contributed by atoms with Crippen LogP contribution < -0.4 is 5.32 Å². The molecule has 0 saturated heterocycles. The minimum atomic E-state index is -0.807. The van der Waals surface area contributed by atoms with E-state index in [9.17, 15) is 8.78 Å². The molecule has 1 aliphatic rings. The lowest BCUT2D eigenvalue weighted by Crippen LogP contribution is -2.27. The van der Waals surface area contributed by atoms with E-state index in [1.807, 2.05) is 24.3 Å². The van der Waals surface area contributed by atoms with Crippen molar-refractivity contribution in [2.24, 2.45) is 0 Å². The standard InChI is InChI=1S/C20H19ClF2N2/c21-13-6-4-12(5-7-13)8-9-24-18-3-1-2-14-15-10-16(22)17(23)11-19(15)25-20(14)18/h4-7,10-11,18,24-25H,1-3,8-9H2. The fourth-order valence-electron chi connectivity index (χ4n) is 3.71. The van der Waals surface area contributed by atoms with Crippen molar-refractivity contribution in [3.8, 4) is 0 Å². The molecular formula is C20H19ClF2N2. The van der Waals surface area contributed by atoms with Crippen molar-refractivity contribution in [1.82, 2.24) is 10.3 Å². The van der Waals surface area contributed by atoms with Crippen LogP contribution in [0.4, 0.5) is 8.78 Å². The molecule has 0 spiro atoms. The average Bonchev–Trinajstić information content (AvgIpc) is 2.95. The lowest BCUT2D eigenvalue weighted by molar-refractivity contribution is 0.456. The smallest absolute Gasteiger partial charge is 0.160 e. The largest absolute Gasteiger partial charge is 0.357 e. The zero-order valence-electron chi connectivity index (χ0n) is 13.7. The highest BCUT2D eigenvalue weighted by molar-refractivity contribution is 6.30. The van der Waals surface area contributed by atoms with E-state index in [1.54, 1.807) is 0 Å². The van der Waals surface area contributed by atoms with Crippen LogP contribution in [0, 0.1) is 11.6 Å². The van der Waals surface area contributed by atoms with Crippen LogP contribution in [-0.2, 0) is 12.8 Å². The summed E-state index contributed by atoms with van der Waals surface area (Å²) in [5.74, 6) is -1.59. The molecule has 0 amide bonds. The highest BCUT2D eigenvalue weighted by atomic mass is 35.5. The molecule has 2 N–H and O–H groups in total. The van der Waals surface area contributed by atoms with Gasteiger partial charge < -0.3 is 10.3 Å². The van der Waals surface area contributed by atoms with Crippen LogP contribution in [0.2, 0.25) is 5.02 Å². The number of nitrogens with one attached hydrogen (secondary N) is 2. The quantitative estimate of drug-likeness (QED) is 0.648. The van der Waals surface area contributed by atoms with E-state index in [-0.39, 0.29) is 6.04 Å². The van der Waals surface area contributed by atoms with E-state index in [0.29, 0.717) is 5.52 Å². The number of aromatic amines is 1. The first-order chi connectivity index (χ1) is 12.1. The summed E-state index contributed by atoms with van der Waals surface area (Å²) in [4.78, 5) is 3.30. The number of benzene rings is 2. The summed E-state index contributed by atoms with van der Waals surface area (Å²) < 4.78 is 27.1. The molecule has 0 saturated carbocycles. The molecule has 130 valence electrons. The minimum Gasteiger partial charge on any atom is -0.357 e. The molecule has 1 aliphatic carbocycles. The van der Waals surface area contributed by atoms with Gasteiger partial charge in [-0.15, -0.1) is 0 Å². The number of hydrogen-bond acceptors (Lipinski definition) is 1. The molecule has 1 atom stereocenters. The Morgan fingerprint density at radius 2 is 1.88 bits per heavy atom. The summed E-state index contributed by atoms with van der Waals surface area (Å²) in [6, 6.07) is 10.6. The molecule has 5 heteroatoms. The van der Waals surface area contributed by atoms with Crippen LogP contribution in [0.1, 0.15) is 35.7 Å². The molecule has 4 rings (SSSR count). The summed E-state index contributed by atoms with van der Waals surface area (Å²) in [7, 11) is 0. The maximum Gasteiger partial charge on any atom is 0.160 e. The van der Waals surface area contributed by atoms with Crippen molar-refractivity contribution < 1.29 is 8.78 Å². The van der Waals surface area contributed by atoms with Crippen molar-refractivity contribution in [1.29, 1.82) is 0 Å². The first kappa shape index (κ1) is 16.6. The third-order valence-electron chi connectivity index (χ3n) is 4.97. The molecule has 1 heterocycles. The van der Waals surface area contributed by atoms with Gasteiger partial charge >= 0.3 is 0 Å². The van der Waals surface area contributed by atoms with E-state index in [1.165, 1.54) is 17.7 Å². The summed E-state index contributed by atoms with van der Waals surface area (Å²) >= 11 is 5.91. The van der Waals surface area contributed by atoms with Gasteiger partial charge in [0.05, 0.1) is 0 Å². The lowest BCUT2D eigenvalue weighted by Gasteiger charge is -2.24. The Morgan fingerprint density at radius 3 is 2.68 bits per heavy atom. The van der Waals surface area contributed by atoms with E-state index in [4.69, 9.17) is 11.6 Å². The number of rotatable bonds is 4. The Hall–Kier alpha value is -1.91. The fourth-order valence-corrected chi connectivity index (χ4v) is 3.83. The number of H-pyrrole nitrogens is 1. The molecule has 1 aromatic heterocycles. The highest BCUT2D eigenvalue weighted by Gasteiger charge is 2.24. The monoisotopic (exact) mass is 360 g/mol. The Bertz CT molecular complexity index is 902. The predicted molar refractivity (Wildman–Crippen MR) is 97.1 cm³/mol. The molecule has 0 fully saturated rings. The first-order valence-electron chi connectivity index (χ1n) is 8.59. The van der Waals surface area contributed by atoms with Gasteiger partial charge in [-0.3, -0.25) is 0 Å². The molecular weight excluding hydrogens is 342 g/mol.